The van der Waals surface area contributed by atoms with Crippen molar-refractivity contribution in [3.05, 3.63) is 177 Å². The molecule has 0 spiro atoms. The first-order valence-electron chi connectivity index (χ1n) is 33.3. The maximum absolute atomic E-state index is 11.8. The van der Waals surface area contributed by atoms with Gasteiger partial charge in [0.15, 0.2) is 23.0 Å². The molecule has 0 saturated heterocycles. The number of hydrogen-bond acceptors (Lipinski definition) is 16. The van der Waals surface area contributed by atoms with Crippen molar-refractivity contribution in [3.63, 3.8) is 0 Å². The summed E-state index contributed by atoms with van der Waals surface area (Å²) in [7, 11) is 0. The second-order valence-corrected chi connectivity index (χ2v) is 31.8. The lowest BCUT2D eigenvalue weighted by molar-refractivity contribution is -0.141. The number of carbonyl (C=O) groups is 8. The van der Waals surface area contributed by atoms with Crippen molar-refractivity contribution in [1.82, 2.24) is 0 Å². The van der Waals surface area contributed by atoms with Crippen LogP contribution < -0.4 is 40.2 Å². The van der Waals surface area contributed by atoms with Gasteiger partial charge < -0.3 is 76.0 Å². The smallest absolute Gasteiger partial charge is 0.312 e. The minimum absolute atomic E-state index is 0.0177. The van der Waals surface area contributed by atoms with Crippen LogP contribution in [-0.4, -0.2) is 83.1 Å². The summed E-state index contributed by atoms with van der Waals surface area (Å²) in [5.74, 6) is -2.04. The third-order valence-corrected chi connectivity index (χ3v) is 21.2. The standard InChI is InChI=1S/C20H20Cl3NO4.C20H21Cl2NO5.C19H18Br2ClNO5.C19H19Br2NO5/c1-9(2)13-7-12(5-10(3)19(13)27)28-20-14(21)8-15(17(22)18(20)23)24-16(26)6-11(4)25;1-9(2)13-6-12(5-10(3)19(13)27)28-20-14(21)7-15(11(4)18(20)22)23-16(24)8-17(25)26;1-8(2)11-5-10(4-9(3)18(11)27)28-19-12(20)6-13(17(22)16(19)21)23-14(24)7-15(25)26;1-9(2)12-6-11(4-5-15(12)23)27-19-13(20)7-14(10(3)18(19)21)22-16(24)8-17(25)26/h5,7-9,27H,6H2,1-4H3,(H,24,26);5-7,9,27H,8H2,1-4H3,(H,23,24)(H,25,26);4-6,8,27H,7H2,1-3H3,(H,23,24)(H,25,26);4-7,9,23H,8H2,1-3H3,(H,22,24)(H,25,26). The molecule has 8 rings (SSSR count). The monoisotopic (exact) mass is 1900 g/mol. The van der Waals surface area contributed by atoms with E-state index in [9.17, 15) is 58.8 Å². The van der Waals surface area contributed by atoms with Crippen molar-refractivity contribution in [2.24, 2.45) is 0 Å². The molecule has 0 aliphatic heterocycles. The van der Waals surface area contributed by atoms with E-state index >= 15 is 0 Å². The van der Waals surface area contributed by atoms with Gasteiger partial charge in [-0.05, 0) is 236 Å². The number of phenols is 4. The molecule has 0 heterocycles. The van der Waals surface area contributed by atoms with E-state index in [0.29, 0.717) is 91.6 Å². The maximum atomic E-state index is 11.8. The number of ketones is 1. The van der Waals surface area contributed by atoms with E-state index in [1.165, 1.54) is 25.1 Å². The van der Waals surface area contributed by atoms with E-state index < -0.39 is 60.8 Å². The first-order valence-corrected chi connectivity index (χ1v) is 38.8. The lowest BCUT2D eigenvalue weighted by Crippen LogP contribution is -2.16. The van der Waals surface area contributed by atoms with Gasteiger partial charge in [-0.15, -0.1) is 0 Å². The van der Waals surface area contributed by atoms with Crippen molar-refractivity contribution in [2.75, 3.05) is 21.3 Å². The molecule has 0 unspecified atom stereocenters. The molecule has 0 atom stereocenters. The summed E-state index contributed by atoms with van der Waals surface area (Å²) in [4.78, 5) is 90.0. The molecule has 4 amide bonds. The molecule has 111 heavy (non-hydrogen) atoms. The van der Waals surface area contributed by atoms with Gasteiger partial charge in [-0.2, -0.15) is 0 Å². The molecule has 33 heteroatoms. The minimum Gasteiger partial charge on any atom is -0.508 e. The quantitative estimate of drug-likeness (QED) is 0.0198. The first-order chi connectivity index (χ1) is 51.6. The Morgan fingerprint density at radius 3 is 1.07 bits per heavy atom. The van der Waals surface area contributed by atoms with Crippen molar-refractivity contribution in [3.8, 4) is 69.0 Å². The van der Waals surface area contributed by atoms with Crippen molar-refractivity contribution in [2.45, 2.75) is 146 Å². The zero-order valence-corrected chi connectivity index (χ0v) is 72.8. The highest BCUT2D eigenvalue weighted by Crippen LogP contribution is 2.50. The number of hydrogen-bond donors (Lipinski definition) is 11. The van der Waals surface area contributed by atoms with Crippen molar-refractivity contribution >= 4 is 203 Å². The highest BCUT2D eigenvalue weighted by atomic mass is 79.9. The number of carboxylic acids is 3. The van der Waals surface area contributed by atoms with Gasteiger partial charge >= 0.3 is 17.9 Å². The van der Waals surface area contributed by atoms with Gasteiger partial charge in [0.2, 0.25) is 23.6 Å². The number of Topliss-reactive ketones (excluding diaryl/α,β-unsaturated/α-hetero) is 1. The summed E-state index contributed by atoms with van der Waals surface area (Å²) in [6, 6.07) is 21.3. The highest BCUT2D eigenvalue weighted by Gasteiger charge is 2.26. The summed E-state index contributed by atoms with van der Waals surface area (Å²) in [6.45, 7) is 25.8. The summed E-state index contributed by atoms with van der Waals surface area (Å²) in [5.41, 5.74) is 7.34. The fourth-order valence-corrected chi connectivity index (χ4v) is 14.1. The molecule has 8 aromatic rings. The number of anilines is 4. The molecule has 0 aliphatic rings. The summed E-state index contributed by atoms with van der Waals surface area (Å²) in [5, 5.41) is 77.4. The number of aliphatic carboxylic acids is 3. The van der Waals surface area contributed by atoms with Gasteiger partial charge in [-0.3, -0.25) is 38.4 Å². The third-order valence-electron chi connectivity index (χ3n) is 15.8. The second-order valence-electron chi connectivity index (χ2n) is 26.1. The zero-order valence-electron chi connectivity index (χ0n) is 62.0. The lowest BCUT2D eigenvalue weighted by Gasteiger charge is -2.17. The molecule has 0 aliphatic carbocycles. The highest BCUT2D eigenvalue weighted by molar-refractivity contribution is 9.11. The average Bonchev–Trinajstić information content (AvgIpc) is 0.809. The second kappa shape index (κ2) is 41.5. The molecular weight excluding hydrogens is 1830 g/mol. The molecule has 0 fully saturated rings. The molecule has 0 aromatic heterocycles. The lowest BCUT2D eigenvalue weighted by atomic mass is 9.99. The fourth-order valence-electron chi connectivity index (χ4n) is 10.1. The van der Waals surface area contributed by atoms with Crippen LogP contribution in [0, 0.1) is 34.6 Å². The Labute approximate surface area is 704 Å². The Bertz CT molecular complexity index is 4580. The Hall–Kier alpha value is -8.22. The van der Waals surface area contributed by atoms with Crippen LogP contribution in [0.4, 0.5) is 22.7 Å². The molecule has 0 radical (unpaired) electrons. The van der Waals surface area contributed by atoms with E-state index in [0.717, 1.165) is 22.3 Å². The van der Waals surface area contributed by atoms with Crippen molar-refractivity contribution < 1.29 is 93.0 Å². The SMILES string of the molecule is CC(=O)CC(=O)Nc1cc(Cl)c(Oc2cc(C)c(O)c(C(C)C)c2)c(Cl)c1Cl.Cc1c(NC(=O)CC(=O)O)cc(Br)c(Oc2ccc(O)c(C(C)C)c2)c1Br.Cc1cc(Oc2c(Br)cc(NC(=O)CC(=O)O)c(Cl)c2Br)cc(C(C)C)c1O.Cc1cc(Oc2c(Cl)cc(NC(=O)CC(=O)O)c(C)c2Cl)cc(C(C)C)c1O. The van der Waals surface area contributed by atoms with Crippen LogP contribution in [0.5, 0.6) is 69.0 Å². The number of carbonyl (C=O) groups excluding carboxylic acids is 5. The number of rotatable bonds is 24. The number of aryl methyl sites for hydroxylation is 3. The summed E-state index contributed by atoms with van der Waals surface area (Å²) < 4.78 is 25.8. The number of carboxylic acid groups (broad SMARTS) is 3. The normalized spacial score (nSPS) is 10.8. The molecule has 0 saturated carbocycles. The minimum atomic E-state index is -1.24. The number of ether oxygens (including phenoxy) is 4. The molecule has 8 aromatic carbocycles. The summed E-state index contributed by atoms with van der Waals surface area (Å²) >= 11 is 51.5. The number of halogens is 10. The van der Waals surface area contributed by atoms with E-state index in [2.05, 4.69) is 85.0 Å². The van der Waals surface area contributed by atoms with Gasteiger partial charge in [0.1, 0.15) is 76.1 Å². The number of phenolic OH excluding ortho intramolecular Hbond substituents is 4. The summed E-state index contributed by atoms with van der Waals surface area (Å²) in [6.07, 6.45) is -2.24. The molecular formula is C78H78Br4Cl6N4O19. The van der Waals surface area contributed by atoms with Crippen LogP contribution in [0.2, 0.25) is 30.1 Å². The predicted molar refractivity (Wildman–Crippen MR) is 446 cm³/mol. The van der Waals surface area contributed by atoms with Crippen LogP contribution >= 0.6 is 133 Å². The third kappa shape index (κ3) is 26.2. The number of aromatic hydroxyl groups is 4. The van der Waals surface area contributed by atoms with Crippen LogP contribution in [-0.2, 0) is 38.4 Å². The number of benzene rings is 8. The zero-order chi connectivity index (χ0) is 83.8. The van der Waals surface area contributed by atoms with Gasteiger partial charge in [0.05, 0.1) is 60.8 Å². The average molecular weight is 1910 g/mol. The van der Waals surface area contributed by atoms with Crippen LogP contribution in [0.1, 0.15) is 162 Å². The van der Waals surface area contributed by atoms with Gasteiger partial charge in [-0.25, -0.2) is 0 Å². The van der Waals surface area contributed by atoms with Gasteiger partial charge in [0.25, 0.3) is 0 Å². The van der Waals surface area contributed by atoms with E-state index in [1.807, 2.05) is 55.4 Å². The molecule has 0 bridgehead atoms. The Morgan fingerprint density at radius 2 is 0.685 bits per heavy atom. The first kappa shape index (κ1) is 93.4. The van der Waals surface area contributed by atoms with Crippen LogP contribution in [0.25, 0.3) is 0 Å². The predicted octanol–water partition coefficient (Wildman–Crippen LogP) is 23.9. The Kier molecular flexibility index (Phi) is 34.9. The van der Waals surface area contributed by atoms with Gasteiger partial charge in [-0.1, -0.05) is 125 Å². The van der Waals surface area contributed by atoms with Crippen LogP contribution in [0.3, 0.4) is 0 Å². The van der Waals surface area contributed by atoms with Gasteiger partial charge in [0, 0.05) is 33.6 Å². The fraction of sp³-hybridized carbons (Fsp3) is 0.282. The topological polar surface area (TPSA) is 363 Å². The van der Waals surface area contributed by atoms with E-state index in [4.69, 9.17) is 104 Å². The number of nitrogens with one attached hydrogen (secondary N) is 4. The molecule has 11 N–H and O–H groups in total. The largest absolute Gasteiger partial charge is 0.508 e. The molecule has 594 valence electrons. The Balaban J connectivity index is 0.000000265. The maximum Gasteiger partial charge on any atom is 0.312 e. The Morgan fingerprint density at radius 1 is 0.369 bits per heavy atom. The van der Waals surface area contributed by atoms with Crippen molar-refractivity contribution in [1.29, 1.82) is 0 Å². The number of amides is 4. The molecule has 23 nitrogen and oxygen atoms in total. The van der Waals surface area contributed by atoms with E-state index in [-0.39, 0.29) is 112 Å². The van der Waals surface area contributed by atoms with Crippen LogP contribution in [0.15, 0.2) is 96.8 Å². The van der Waals surface area contributed by atoms with E-state index in [1.54, 1.807) is 95.3 Å².